The van der Waals surface area contributed by atoms with Gasteiger partial charge in [0.1, 0.15) is 0 Å². The van der Waals surface area contributed by atoms with E-state index in [2.05, 4.69) is 36.5 Å². The summed E-state index contributed by atoms with van der Waals surface area (Å²) >= 11 is 0.0394. The van der Waals surface area contributed by atoms with Crippen LogP contribution < -0.4 is 0 Å². The van der Waals surface area contributed by atoms with Crippen LogP contribution in [-0.4, -0.2) is 0 Å². The Bertz CT molecular complexity index is 247. The number of hydrogen-bond donors (Lipinski definition) is 0. The molecular formula is C10H12Cl2Mo. The van der Waals surface area contributed by atoms with Gasteiger partial charge in [-0.1, -0.05) is 0 Å². The number of hydrogen-bond acceptors (Lipinski definition) is 0. The molecule has 2 aliphatic rings. The van der Waals surface area contributed by atoms with Crippen LogP contribution in [0.5, 0.6) is 0 Å². The Morgan fingerprint density at radius 2 is 1.31 bits per heavy atom. The maximum absolute atomic E-state index is 2.29. The zero-order chi connectivity index (χ0) is 7.52. The van der Waals surface area contributed by atoms with E-state index in [0.717, 1.165) is 0 Å². The van der Waals surface area contributed by atoms with Gasteiger partial charge in [-0.25, -0.2) is 0 Å². The molecule has 0 spiro atoms. The van der Waals surface area contributed by atoms with Crippen molar-refractivity contribution in [1.82, 2.24) is 0 Å². The van der Waals surface area contributed by atoms with Crippen LogP contribution in [0.1, 0.15) is 12.8 Å². The first-order valence-electron chi connectivity index (χ1n) is 3.84. The van der Waals surface area contributed by atoms with Crippen molar-refractivity contribution in [2.45, 2.75) is 12.8 Å². The molecule has 0 saturated heterocycles. The van der Waals surface area contributed by atoms with Gasteiger partial charge in [0.05, 0.1) is 0 Å². The molecule has 2 aliphatic carbocycles. The van der Waals surface area contributed by atoms with Gasteiger partial charge < -0.3 is 0 Å². The smallest absolute Gasteiger partial charge is 0.147 e. The second kappa shape index (κ2) is 6.65. The molecule has 0 bridgehead atoms. The fraction of sp³-hybridized carbons (Fsp3) is 0.200. The van der Waals surface area contributed by atoms with E-state index in [4.69, 9.17) is 0 Å². The summed E-state index contributed by atoms with van der Waals surface area (Å²) in [7, 11) is 0. The molecule has 13 heavy (non-hydrogen) atoms. The molecule has 0 heterocycles. The molecule has 0 amide bonds. The Labute approximate surface area is 100 Å². The average molecular weight is 299 g/mol. The van der Waals surface area contributed by atoms with E-state index in [-0.39, 0.29) is 43.4 Å². The maximum atomic E-state index is 2.29. The minimum atomic E-state index is 0. The Morgan fingerprint density at radius 1 is 0.846 bits per heavy atom. The molecule has 0 aromatic carbocycles. The second-order valence-electron chi connectivity index (χ2n) is 2.63. The van der Waals surface area contributed by atoms with Crippen LogP contribution >= 0.6 is 24.8 Å². The van der Waals surface area contributed by atoms with Crippen LogP contribution in [0.4, 0.5) is 0 Å². The van der Waals surface area contributed by atoms with E-state index in [1.165, 1.54) is 12.8 Å². The molecule has 0 aliphatic heterocycles. The molecule has 0 nitrogen and oxygen atoms in total. The second-order valence-corrected chi connectivity index (χ2v) is 5.71. The summed E-state index contributed by atoms with van der Waals surface area (Å²) in [6.45, 7) is 0. The maximum Gasteiger partial charge on any atom is -0.147 e. The summed E-state index contributed by atoms with van der Waals surface area (Å²) in [4.78, 5) is 0. The molecule has 0 N–H and O–H groups in total. The zero-order valence-corrected chi connectivity index (χ0v) is 10.7. The molecule has 0 fully saturated rings. The van der Waals surface area contributed by atoms with Gasteiger partial charge >= 0.3 is 75.8 Å². The van der Waals surface area contributed by atoms with E-state index < -0.39 is 0 Å². The summed E-state index contributed by atoms with van der Waals surface area (Å²) in [5.41, 5.74) is 0. The van der Waals surface area contributed by atoms with Crippen LogP contribution in [0.3, 0.4) is 0 Å². The molecule has 0 saturated carbocycles. The topological polar surface area (TPSA) is 0 Å². The Hall–Kier alpha value is 0.228. The molecule has 0 atom stereocenters. The third kappa shape index (κ3) is 3.85. The first-order valence-corrected chi connectivity index (χ1v) is 5.85. The third-order valence-electron chi connectivity index (χ3n) is 1.74. The minimum absolute atomic E-state index is 0. The normalized spacial score (nSPS) is 17.5. The minimum Gasteiger partial charge on any atom is -0.147 e. The van der Waals surface area contributed by atoms with Crippen LogP contribution in [0.15, 0.2) is 44.4 Å². The van der Waals surface area contributed by atoms with Crippen molar-refractivity contribution in [3.63, 3.8) is 0 Å². The Balaban J connectivity index is 0.000000720. The predicted molar refractivity (Wildman–Crippen MR) is 58.2 cm³/mol. The van der Waals surface area contributed by atoms with Gasteiger partial charge in [-0.2, -0.15) is 0 Å². The van der Waals surface area contributed by atoms with E-state index in [9.17, 15) is 0 Å². The molecule has 0 aromatic rings. The molecule has 2 rings (SSSR count). The van der Waals surface area contributed by atoms with Gasteiger partial charge in [0, 0.05) is 0 Å². The summed E-state index contributed by atoms with van der Waals surface area (Å²) < 4.78 is 3.37. The fourth-order valence-corrected chi connectivity index (χ4v) is 3.61. The molecule has 0 aromatic heterocycles. The van der Waals surface area contributed by atoms with Crippen molar-refractivity contribution < 1.29 is 18.6 Å². The van der Waals surface area contributed by atoms with Gasteiger partial charge in [0.2, 0.25) is 0 Å². The van der Waals surface area contributed by atoms with Crippen molar-refractivity contribution in [2.24, 2.45) is 0 Å². The van der Waals surface area contributed by atoms with Crippen molar-refractivity contribution in [1.29, 1.82) is 0 Å². The molecule has 72 valence electrons. The van der Waals surface area contributed by atoms with Crippen molar-refractivity contribution in [3.8, 4) is 0 Å². The summed E-state index contributed by atoms with van der Waals surface area (Å²) in [5, 5.41) is 0. The first-order chi connectivity index (χ1) is 5.45. The van der Waals surface area contributed by atoms with E-state index in [0.29, 0.717) is 0 Å². The van der Waals surface area contributed by atoms with E-state index in [1.54, 1.807) is 7.93 Å². The van der Waals surface area contributed by atoms with Gasteiger partial charge in [-0.15, -0.1) is 24.8 Å². The van der Waals surface area contributed by atoms with Crippen molar-refractivity contribution >= 4 is 24.8 Å². The predicted octanol–water partition coefficient (Wildman–Crippen LogP) is 3.60. The van der Waals surface area contributed by atoms with Crippen molar-refractivity contribution in [3.05, 3.63) is 44.4 Å². The molecule has 0 unspecified atom stereocenters. The third-order valence-corrected chi connectivity index (χ3v) is 4.51. The van der Waals surface area contributed by atoms with Gasteiger partial charge in [0.15, 0.2) is 0 Å². The largest absolute Gasteiger partial charge is 0.147 e. The van der Waals surface area contributed by atoms with E-state index >= 15 is 0 Å². The zero-order valence-electron chi connectivity index (χ0n) is 7.10. The SMILES string of the molecule is C1=CC[C]([Mo][C]2=CC=CC2)=C1.Cl.Cl. The van der Waals surface area contributed by atoms with Gasteiger partial charge in [0.25, 0.3) is 0 Å². The monoisotopic (exact) mass is 300 g/mol. The van der Waals surface area contributed by atoms with Crippen LogP contribution in [0, 0.1) is 0 Å². The van der Waals surface area contributed by atoms with Crippen molar-refractivity contribution in [2.75, 3.05) is 0 Å². The number of rotatable bonds is 2. The molecule has 3 heteroatoms. The van der Waals surface area contributed by atoms with Crippen LogP contribution in [-0.2, 0) is 18.6 Å². The fourth-order valence-electron chi connectivity index (χ4n) is 1.17. The van der Waals surface area contributed by atoms with Crippen LogP contribution in [0.25, 0.3) is 0 Å². The van der Waals surface area contributed by atoms with Crippen LogP contribution in [0.2, 0.25) is 0 Å². The average Bonchev–Trinajstić information content (AvgIpc) is 2.60. The number of halogens is 2. The quantitative estimate of drug-likeness (QED) is 0.683. The standard InChI is InChI=1S/2C5H5.2ClH.Mo/c2*1-2-4-5-3-1;;;/h2*1-3H,4H2;2*1H;. The number of allylic oxidation sites excluding steroid dienone is 8. The first kappa shape index (κ1) is 13.2. The Kier molecular flexibility index (Phi) is 6.76. The summed E-state index contributed by atoms with van der Waals surface area (Å²) in [5.74, 6) is 0. The summed E-state index contributed by atoms with van der Waals surface area (Å²) in [6.07, 6.45) is 15.9. The Morgan fingerprint density at radius 3 is 1.62 bits per heavy atom. The van der Waals surface area contributed by atoms with Gasteiger partial charge in [-0.3, -0.25) is 0 Å². The summed E-state index contributed by atoms with van der Waals surface area (Å²) in [6, 6.07) is 0. The molecular weight excluding hydrogens is 287 g/mol. The van der Waals surface area contributed by atoms with E-state index in [1.807, 2.05) is 0 Å². The van der Waals surface area contributed by atoms with Gasteiger partial charge in [-0.05, 0) is 0 Å². The molecule has 0 radical (unpaired) electrons.